The number of hydrogen-bond acceptors (Lipinski definition) is 4. The van der Waals surface area contributed by atoms with Gasteiger partial charge in [0.1, 0.15) is 5.75 Å². The van der Waals surface area contributed by atoms with Crippen LogP contribution in [-0.4, -0.2) is 36.9 Å². The molecule has 0 bridgehead atoms. The molecule has 148 valence electrons. The second kappa shape index (κ2) is 10.1. The van der Waals surface area contributed by atoms with Crippen molar-refractivity contribution < 1.29 is 17.9 Å². The number of hydrogen-bond donors (Lipinski definition) is 2. The summed E-state index contributed by atoms with van der Waals surface area (Å²) in [5, 5.41) is 9.48. The van der Waals surface area contributed by atoms with Crippen molar-refractivity contribution in [3.05, 3.63) is 45.9 Å². The number of halogens is 3. The van der Waals surface area contributed by atoms with Crippen molar-refractivity contribution >= 4 is 17.3 Å². The molecule has 9 heteroatoms. The van der Waals surface area contributed by atoms with E-state index < -0.39 is 6.36 Å². The highest BCUT2D eigenvalue weighted by atomic mass is 32.1. The van der Waals surface area contributed by atoms with Gasteiger partial charge in [0.05, 0.1) is 10.7 Å². The quantitative estimate of drug-likeness (QED) is 0.524. The Bertz CT molecular complexity index is 729. The van der Waals surface area contributed by atoms with Crippen LogP contribution in [0, 0.1) is 6.92 Å². The minimum atomic E-state index is -4.67. The van der Waals surface area contributed by atoms with Gasteiger partial charge in [0.25, 0.3) is 0 Å². The van der Waals surface area contributed by atoms with Crippen LogP contribution >= 0.6 is 11.3 Å². The Morgan fingerprint density at radius 2 is 1.93 bits per heavy atom. The minimum absolute atomic E-state index is 0.216. The molecule has 0 fully saturated rings. The predicted octanol–water partition coefficient (Wildman–Crippen LogP) is 3.69. The van der Waals surface area contributed by atoms with Crippen LogP contribution in [0.1, 0.15) is 23.2 Å². The van der Waals surface area contributed by atoms with E-state index in [2.05, 4.69) is 25.3 Å². The number of benzene rings is 1. The summed E-state index contributed by atoms with van der Waals surface area (Å²) in [6.45, 7) is 5.94. The highest BCUT2D eigenvalue weighted by Gasteiger charge is 2.30. The molecule has 0 unspecified atom stereocenters. The van der Waals surface area contributed by atoms with Crippen LogP contribution in [0.3, 0.4) is 0 Å². The molecule has 0 atom stereocenters. The Morgan fingerprint density at radius 1 is 1.19 bits per heavy atom. The van der Waals surface area contributed by atoms with Gasteiger partial charge in [-0.1, -0.05) is 12.1 Å². The fraction of sp³-hybridized carbons (Fsp3) is 0.444. The lowest BCUT2D eigenvalue weighted by atomic mass is 10.1. The normalized spacial score (nSPS) is 12.1. The molecule has 5 nitrogen and oxygen atoms in total. The van der Waals surface area contributed by atoms with Gasteiger partial charge in [-0.25, -0.2) is 4.98 Å². The molecule has 0 amide bonds. The van der Waals surface area contributed by atoms with Gasteiger partial charge in [-0.05, 0) is 38.0 Å². The van der Waals surface area contributed by atoms with Crippen LogP contribution in [0.15, 0.2) is 34.6 Å². The first-order valence-electron chi connectivity index (χ1n) is 8.63. The zero-order chi connectivity index (χ0) is 19.7. The Balaban J connectivity index is 1.78. The molecular formula is C18H23F3N4OS. The fourth-order valence-corrected chi connectivity index (χ4v) is 2.98. The summed E-state index contributed by atoms with van der Waals surface area (Å²) in [7, 11) is 0. The molecule has 27 heavy (non-hydrogen) atoms. The second-order valence-electron chi connectivity index (χ2n) is 5.74. The van der Waals surface area contributed by atoms with Crippen molar-refractivity contribution in [3.63, 3.8) is 0 Å². The van der Waals surface area contributed by atoms with E-state index in [1.807, 2.05) is 19.2 Å². The van der Waals surface area contributed by atoms with Crippen LogP contribution in [0.5, 0.6) is 5.75 Å². The zero-order valence-electron chi connectivity index (χ0n) is 15.3. The van der Waals surface area contributed by atoms with Crippen molar-refractivity contribution in [2.24, 2.45) is 4.99 Å². The number of nitrogens with one attached hydrogen (secondary N) is 2. The molecule has 2 rings (SSSR count). The molecule has 1 heterocycles. The Morgan fingerprint density at radius 3 is 2.52 bits per heavy atom. The summed E-state index contributed by atoms with van der Waals surface area (Å²) >= 11 is 1.63. The number of thiazole rings is 1. The average Bonchev–Trinajstić information content (AvgIpc) is 3.00. The average molecular weight is 400 g/mol. The van der Waals surface area contributed by atoms with Crippen LogP contribution < -0.4 is 15.4 Å². The largest absolute Gasteiger partial charge is 0.573 e. The smallest absolute Gasteiger partial charge is 0.406 e. The minimum Gasteiger partial charge on any atom is -0.406 e. The van der Waals surface area contributed by atoms with Crippen molar-refractivity contribution in [1.82, 2.24) is 15.6 Å². The van der Waals surface area contributed by atoms with Crippen molar-refractivity contribution in [2.75, 3.05) is 19.6 Å². The SMILES string of the molecule is CCNC(=NCCc1csc(C)n1)NCCc1ccc(OC(F)(F)F)cc1. The van der Waals surface area contributed by atoms with Gasteiger partial charge in [-0.3, -0.25) is 4.99 Å². The number of ether oxygens (including phenoxy) is 1. The van der Waals surface area contributed by atoms with Gasteiger partial charge < -0.3 is 15.4 Å². The summed E-state index contributed by atoms with van der Waals surface area (Å²) in [6, 6.07) is 5.88. The lowest BCUT2D eigenvalue weighted by Crippen LogP contribution is -2.38. The maximum absolute atomic E-state index is 12.2. The number of aromatic nitrogens is 1. The third-order valence-electron chi connectivity index (χ3n) is 3.51. The van der Waals surface area contributed by atoms with Crippen LogP contribution in [0.2, 0.25) is 0 Å². The van der Waals surface area contributed by atoms with E-state index in [1.54, 1.807) is 23.5 Å². The number of nitrogens with zero attached hydrogens (tertiary/aromatic N) is 2. The van der Waals surface area contributed by atoms with Gasteiger partial charge in [-0.15, -0.1) is 24.5 Å². The molecule has 0 saturated carbocycles. The second-order valence-corrected chi connectivity index (χ2v) is 6.80. The summed E-state index contributed by atoms with van der Waals surface area (Å²) in [6.07, 6.45) is -3.24. The Labute approximate surface area is 160 Å². The lowest BCUT2D eigenvalue weighted by molar-refractivity contribution is -0.274. The summed E-state index contributed by atoms with van der Waals surface area (Å²) in [4.78, 5) is 8.93. The molecule has 0 spiro atoms. The molecule has 0 radical (unpaired) electrons. The molecule has 0 aliphatic carbocycles. The topological polar surface area (TPSA) is 58.5 Å². The molecule has 1 aromatic carbocycles. The van der Waals surface area contributed by atoms with Crippen LogP contribution in [-0.2, 0) is 12.8 Å². The molecule has 1 aromatic heterocycles. The summed E-state index contributed by atoms with van der Waals surface area (Å²) in [5.74, 6) is 0.493. The number of guanidine groups is 1. The molecular weight excluding hydrogens is 377 g/mol. The highest BCUT2D eigenvalue weighted by Crippen LogP contribution is 2.22. The Kier molecular flexibility index (Phi) is 7.90. The Hall–Kier alpha value is -2.29. The van der Waals surface area contributed by atoms with Gasteiger partial charge in [-0.2, -0.15) is 0 Å². The van der Waals surface area contributed by atoms with E-state index in [1.165, 1.54) is 12.1 Å². The summed E-state index contributed by atoms with van der Waals surface area (Å²) < 4.78 is 40.3. The first kappa shape index (κ1) is 21.0. The van der Waals surface area contributed by atoms with Crippen molar-refractivity contribution in [1.29, 1.82) is 0 Å². The first-order valence-corrected chi connectivity index (χ1v) is 9.51. The van der Waals surface area contributed by atoms with E-state index in [9.17, 15) is 13.2 Å². The monoisotopic (exact) mass is 400 g/mol. The fourth-order valence-electron chi connectivity index (χ4n) is 2.33. The van der Waals surface area contributed by atoms with Crippen LogP contribution in [0.25, 0.3) is 0 Å². The standard InChI is InChI=1S/C18H23F3N4OS/c1-3-22-17(24-11-9-15-12-27-13(2)25-15)23-10-8-14-4-6-16(7-5-14)26-18(19,20)21/h4-7,12H,3,8-11H2,1-2H3,(H2,22,23,24). The van der Waals surface area contributed by atoms with Crippen molar-refractivity contribution in [3.8, 4) is 5.75 Å². The molecule has 2 aromatic rings. The maximum atomic E-state index is 12.2. The van der Waals surface area contributed by atoms with E-state index in [-0.39, 0.29) is 5.75 Å². The molecule has 2 N–H and O–H groups in total. The van der Waals surface area contributed by atoms with Gasteiger partial charge in [0, 0.05) is 31.4 Å². The number of aryl methyl sites for hydroxylation is 1. The van der Waals surface area contributed by atoms with Crippen LogP contribution in [0.4, 0.5) is 13.2 Å². The lowest BCUT2D eigenvalue weighted by Gasteiger charge is -2.12. The van der Waals surface area contributed by atoms with Crippen molar-refractivity contribution in [2.45, 2.75) is 33.1 Å². The van der Waals surface area contributed by atoms with E-state index in [0.29, 0.717) is 25.5 Å². The van der Waals surface area contributed by atoms with E-state index in [0.717, 1.165) is 29.2 Å². The number of alkyl halides is 3. The number of rotatable bonds is 8. The van der Waals surface area contributed by atoms with Gasteiger partial charge in [0.15, 0.2) is 5.96 Å². The first-order chi connectivity index (χ1) is 12.9. The zero-order valence-corrected chi connectivity index (χ0v) is 16.1. The molecule has 0 aliphatic rings. The third-order valence-corrected chi connectivity index (χ3v) is 4.33. The predicted molar refractivity (Wildman–Crippen MR) is 101 cm³/mol. The maximum Gasteiger partial charge on any atom is 0.573 e. The third kappa shape index (κ3) is 8.29. The van der Waals surface area contributed by atoms with Gasteiger partial charge >= 0.3 is 6.36 Å². The van der Waals surface area contributed by atoms with E-state index >= 15 is 0 Å². The summed E-state index contributed by atoms with van der Waals surface area (Å²) in [5.41, 5.74) is 1.95. The highest BCUT2D eigenvalue weighted by molar-refractivity contribution is 7.09. The van der Waals surface area contributed by atoms with E-state index in [4.69, 9.17) is 0 Å². The molecule has 0 saturated heterocycles. The molecule has 0 aliphatic heterocycles. The van der Waals surface area contributed by atoms with Gasteiger partial charge in [0.2, 0.25) is 0 Å². The number of aliphatic imine (C=N–C) groups is 1.